The zero-order chi connectivity index (χ0) is 19.7. The second-order valence-corrected chi connectivity index (χ2v) is 8.02. The van der Waals surface area contributed by atoms with Gasteiger partial charge in [0.15, 0.2) is 5.96 Å². The van der Waals surface area contributed by atoms with E-state index in [9.17, 15) is 4.79 Å². The molecule has 3 N–H and O–H groups in total. The molecule has 158 valence electrons. The van der Waals surface area contributed by atoms with Crippen molar-refractivity contribution in [2.75, 3.05) is 33.2 Å². The molecule has 0 radical (unpaired) electrons. The van der Waals surface area contributed by atoms with Gasteiger partial charge in [0.25, 0.3) is 0 Å². The second kappa shape index (κ2) is 12.2. The van der Waals surface area contributed by atoms with Gasteiger partial charge >= 0.3 is 0 Å². The van der Waals surface area contributed by atoms with Crippen LogP contribution in [-0.4, -0.2) is 61.0 Å². The summed E-state index contributed by atoms with van der Waals surface area (Å²) in [6.45, 7) is 9.98. The molecule has 0 spiro atoms. The number of rotatable bonds is 6. The standard InChI is InChI=1S/C20H34N6O.HI/c1-20(2,3)18(27)23-11-12-24-19(21-4)25-16-8-13-26(14-9-16)15-17-7-5-6-10-22-17;/h5-7,10,16H,8-9,11-15H2,1-4H3,(H,23,27)(H2,21,24,25);1H. The first-order chi connectivity index (χ1) is 12.9. The summed E-state index contributed by atoms with van der Waals surface area (Å²) >= 11 is 0. The van der Waals surface area contributed by atoms with Crippen LogP contribution in [0.25, 0.3) is 0 Å². The van der Waals surface area contributed by atoms with Crippen molar-refractivity contribution in [2.24, 2.45) is 10.4 Å². The molecule has 0 atom stereocenters. The quantitative estimate of drug-likeness (QED) is 0.240. The number of hydrogen-bond donors (Lipinski definition) is 3. The van der Waals surface area contributed by atoms with E-state index in [0.717, 1.165) is 44.1 Å². The Balaban J connectivity index is 0.00000392. The molecule has 1 aliphatic rings. The lowest BCUT2D eigenvalue weighted by Crippen LogP contribution is -2.50. The summed E-state index contributed by atoms with van der Waals surface area (Å²) in [6.07, 6.45) is 4.01. The molecule has 28 heavy (non-hydrogen) atoms. The number of hydrogen-bond acceptors (Lipinski definition) is 4. The third-order valence-corrected chi connectivity index (χ3v) is 4.65. The molecule has 1 fully saturated rings. The molecule has 1 aromatic rings. The normalized spacial score (nSPS) is 16.2. The van der Waals surface area contributed by atoms with Crippen molar-refractivity contribution in [1.82, 2.24) is 25.8 Å². The Morgan fingerprint density at radius 3 is 2.46 bits per heavy atom. The Kier molecular flexibility index (Phi) is 10.7. The fraction of sp³-hybridized carbons (Fsp3) is 0.650. The van der Waals surface area contributed by atoms with E-state index in [1.54, 1.807) is 7.05 Å². The predicted molar refractivity (Wildman–Crippen MR) is 125 cm³/mol. The van der Waals surface area contributed by atoms with E-state index in [4.69, 9.17) is 0 Å². The van der Waals surface area contributed by atoms with Gasteiger partial charge in [0.05, 0.1) is 5.69 Å². The van der Waals surface area contributed by atoms with Crippen LogP contribution in [-0.2, 0) is 11.3 Å². The van der Waals surface area contributed by atoms with Crippen molar-refractivity contribution in [3.8, 4) is 0 Å². The van der Waals surface area contributed by atoms with Crippen molar-refractivity contribution in [3.63, 3.8) is 0 Å². The highest BCUT2D eigenvalue weighted by Crippen LogP contribution is 2.13. The Morgan fingerprint density at radius 2 is 1.89 bits per heavy atom. The summed E-state index contributed by atoms with van der Waals surface area (Å²) in [5, 5.41) is 9.71. The fourth-order valence-corrected chi connectivity index (χ4v) is 2.97. The Hall–Kier alpha value is -1.42. The number of nitrogens with zero attached hydrogens (tertiary/aromatic N) is 3. The highest BCUT2D eigenvalue weighted by atomic mass is 127. The molecular weight excluding hydrogens is 467 g/mol. The van der Waals surface area contributed by atoms with Gasteiger partial charge in [-0.05, 0) is 25.0 Å². The number of carbonyl (C=O) groups is 1. The largest absolute Gasteiger partial charge is 0.355 e. The number of aliphatic imine (C=N–C) groups is 1. The smallest absolute Gasteiger partial charge is 0.225 e. The third kappa shape index (κ3) is 8.72. The highest BCUT2D eigenvalue weighted by Gasteiger charge is 2.21. The summed E-state index contributed by atoms with van der Waals surface area (Å²) in [6, 6.07) is 6.48. The van der Waals surface area contributed by atoms with Crippen LogP contribution in [0.2, 0.25) is 0 Å². The topological polar surface area (TPSA) is 81.6 Å². The van der Waals surface area contributed by atoms with Crippen LogP contribution >= 0.6 is 24.0 Å². The fourth-order valence-electron chi connectivity index (χ4n) is 2.97. The van der Waals surface area contributed by atoms with E-state index in [1.165, 1.54) is 0 Å². The van der Waals surface area contributed by atoms with Gasteiger partial charge in [-0.1, -0.05) is 26.8 Å². The zero-order valence-corrected chi connectivity index (χ0v) is 19.8. The summed E-state index contributed by atoms with van der Waals surface area (Å²) in [5.41, 5.74) is 0.766. The molecule has 1 aliphatic heterocycles. The van der Waals surface area contributed by atoms with Crippen molar-refractivity contribution < 1.29 is 4.79 Å². The minimum absolute atomic E-state index is 0. The molecule has 7 nitrogen and oxygen atoms in total. The summed E-state index contributed by atoms with van der Waals surface area (Å²) in [5.74, 6) is 0.857. The van der Waals surface area contributed by atoms with Gasteiger partial charge in [0, 0.05) is 57.4 Å². The molecule has 0 saturated carbocycles. The molecule has 0 aliphatic carbocycles. The highest BCUT2D eigenvalue weighted by molar-refractivity contribution is 14.0. The van der Waals surface area contributed by atoms with Crippen molar-refractivity contribution in [2.45, 2.75) is 46.2 Å². The molecule has 1 saturated heterocycles. The van der Waals surface area contributed by atoms with E-state index in [2.05, 4.69) is 36.9 Å². The number of amides is 1. The first-order valence-corrected chi connectivity index (χ1v) is 9.76. The number of likely N-dealkylation sites (tertiary alicyclic amines) is 1. The molecule has 1 amide bonds. The second-order valence-electron chi connectivity index (χ2n) is 8.02. The number of nitrogens with one attached hydrogen (secondary N) is 3. The average Bonchev–Trinajstić information content (AvgIpc) is 2.65. The molecule has 2 rings (SSSR count). The number of aromatic nitrogens is 1. The van der Waals surface area contributed by atoms with Crippen molar-refractivity contribution in [1.29, 1.82) is 0 Å². The Bertz CT molecular complexity index is 609. The maximum atomic E-state index is 11.9. The van der Waals surface area contributed by atoms with Crippen LogP contribution in [0.5, 0.6) is 0 Å². The van der Waals surface area contributed by atoms with Gasteiger partial charge < -0.3 is 16.0 Å². The van der Waals surface area contributed by atoms with Crippen LogP contribution < -0.4 is 16.0 Å². The van der Waals surface area contributed by atoms with Crippen LogP contribution in [0, 0.1) is 5.41 Å². The molecule has 2 heterocycles. The molecule has 1 aromatic heterocycles. The van der Waals surface area contributed by atoms with E-state index in [0.29, 0.717) is 19.1 Å². The number of carbonyl (C=O) groups excluding carboxylic acids is 1. The monoisotopic (exact) mass is 502 g/mol. The van der Waals surface area contributed by atoms with Crippen LogP contribution in [0.4, 0.5) is 0 Å². The average molecular weight is 502 g/mol. The summed E-state index contributed by atoms with van der Waals surface area (Å²) in [7, 11) is 1.78. The van der Waals surface area contributed by atoms with Gasteiger partial charge in [0.1, 0.15) is 0 Å². The number of halogens is 1. The first-order valence-electron chi connectivity index (χ1n) is 9.76. The van der Waals surface area contributed by atoms with Gasteiger partial charge in [-0.15, -0.1) is 24.0 Å². The van der Waals surface area contributed by atoms with E-state index in [1.807, 2.05) is 39.1 Å². The maximum Gasteiger partial charge on any atom is 0.225 e. The number of piperidine rings is 1. The number of pyridine rings is 1. The molecule has 0 bridgehead atoms. The van der Waals surface area contributed by atoms with Crippen molar-refractivity contribution in [3.05, 3.63) is 30.1 Å². The van der Waals surface area contributed by atoms with Crippen LogP contribution in [0.3, 0.4) is 0 Å². The number of guanidine groups is 1. The molecule has 8 heteroatoms. The van der Waals surface area contributed by atoms with Gasteiger partial charge in [0.2, 0.25) is 5.91 Å². The molecule has 0 unspecified atom stereocenters. The summed E-state index contributed by atoms with van der Waals surface area (Å²) < 4.78 is 0. The zero-order valence-electron chi connectivity index (χ0n) is 17.5. The van der Waals surface area contributed by atoms with Crippen LogP contribution in [0.1, 0.15) is 39.3 Å². The predicted octanol–water partition coefficient (Wildman–Crippen LogP) is 1.99. The van der Waals surface area contributed by atoms with Gasteiger partial charge in [-0.25, -0.2) is 0 Å². The van der Waals surface area contributed by atoms with Crippen molar-refractivity contribution >= 4 is 35.8 Å². The van der Waals surface area contributed by atoms with Gasteiger partial charge in [-0.2, -0.15) is 0 Å². The molecular formula is C20H35IN6O. The Labute approximate surface area is 186 Å². The minimum Gasteiger partial charge on any atom is -0.355 e. The lowest BCUT2D eigenvalue weighted by Gasteiger charge is -2.32. The maximum absolute atomic E-state index is 11.9. The van der Waals surface area contributed by atoms with E-state index in [-0.39, 0.29) is 35.3 Å². The van der Waals surface area contributed by atoms with E-state index < -0.39 is 0 Å². The third-order valence-electron chi connectivity index (χ3n) is 4.65. The minimum atomic E-state index is -0.358. The lowest BCUT2D eigenvalue weighted by molar-refractivity contribution is -0.128. The van der Waals surface area contributed by atoms with E-state index >= 15 is 0 Å². The van der Waals surface area contributed by atoms with Crippen LogP contribution in [0.15, 0.2) is 29.4 Å². The lowest BCUT2D eigenvalue weighted by atomic mass is 9.96. The molecule has 0 aromatic carbocycles. The Morgan fingerprint density at radius 1 is 1.21 bits per heavy atom. The SMILES string of the molecule is CN=C(NCCNC(=O)C(C)(C)C)NC1CCN(Cc2ccccn2)CC1.I. The summed E-state index contributed by atoms with van der Waals surface area (Å²) in [4.78, 5) is 23.0. The van der Waals surface area contributed by atoms with Gasteiger partial charge in [-0.3, -0.25) is 19.7 Å². The first kappa shape index (κ1) is 24.6.